The Bertz CT molecular complexity index is 742. The van der Waals surface area contributed by atoms with Crippen molar-refractivity contribution in [1.82, 2.24) is 30.4 Å². The molecule has 132 valence electrons. The van der Waals surface area contributed by atoms with Gasteiger partial charge < -0.3 is 9.88 Å². The van der Waals surface area contributed by atoms with Crippen molar-refractivity contribution in [2.75, 3.05) is 5.75 Å². The molecule has 3 amide bonds. The van der Waals surface area contributed by atoms with Gasteiger partial charge in [-0.15, -0.1) is 10.2 Å². The summed E-state index contributed by atoms with van der Waals surface area (Å²) in [5, 5.41) is 14.0. The molecule has 0 saturated heterocycles. The lowest BCUT2D eigenvalue weighted by atomic mass is 10.2. The number of aromatic nitrogens is 4. The Kier molecular flexibility index (Phi) is 5.64. The van der Waals surface area contributed by atoms with E-state index in [4.69, 9.17) is 0 Å². The normalized spacial score (nSPS) is 14.4. The topological polar surface area (TPSA) is 102 Å². The molecule has 0 aliphatic heterocycles. The van der Waals surface area contributed by atoms with Gasteiger partial charge in [-0.2, -0.15) is 0 Å². The molecular formula is C16H20N6O2S. The number of nitrogens with one attached hydrogen (secondary N) is 2. The van der Waals surface area contributed by atoms with Gasteiger partial charge in [-0.1, -0.05) is 24.6 Å². The van der Waals surface area contributed by atoms with Crippen LogP contribution in [0, 0.1) is 0 Å². The Labute approximate surface area is 149 Å². The van der Waals surface area contributed by atoms with Crippen LogP contribution in [0.4, 0.5) is 4.79 Å². The largest absolute Gasteiger partial charge is 0.335 e. The molecule has 0 bridgehead atoms. The Morgan fingerprint density at radius 1 is 1.24 bits per heavy atom. The second-order valence-corrected chi connectivity index (χ2v) is 6.84. The molecule has 0 aromatic carbocycles. The fourth-order valence-corrected chi connectivity index (χ4v) is 3.49. The highest BCUT2D eigenvalue weighted by Crippen LogP contribution is 2.22. The monoisotopic (exact) mass is 360 g/mol. The molecule has 2 aromatic heterocycles. The molecule has 8 nitrogen and oxygen atoms in total. The number of amides is 3. The Balaban J connectivity index is 1.50. The maximum absolute atomic E-state index is 11.9. The van der Waals surface area contributed by atoms with Crippen LogP contribution in [0.15, 0.2) is 29.7 Å². The molecule has 9 heteroatoms. The average molecular weight is 360 g/mol. The molecule has 0 radical (unpaired) electrons. The summed E-state index contributed by atoms with van der Waals surface area (Å²) in [6.45, 7) is 0. The average Bonchev–Trinajstić information content (AvgIpc) is 3.23. The van der Waals surface area contributed by atoms with Gasteiger partial charge in [0.25, 0.3) is 0 Å². The van der Waals surface area contributed by atoms with Gasteiger partial charge in [0.15, 0.2) is 11.0 Å². The molecule has 3 rings (SSSR count). The zero-order valence-electron chi connectivity index (χ0n) is 13.9. The summed E-state index contributed by atoms with van der Waals surface area (Å²) in [6, 6.07) is 3.45. The van der Waals surface area contributed by atoms with Gasteiger partial charge in [0.1, 0.15) is 0 Å². The molecule has 1 saturated carbocycles. The Morgan fingerprint density at radius 2 is 1.96 bits per heavy atom. The van der Waals surface area contributed by atoms with Crippen molar-refractivity contribution in [3.63, 3.8) is 0 Å². The number of nitrogens with zero attached hydrogens (tertiary/aromatic N) is 4. The lowest BCUT2D eigenvalue weighted by Crippen LogP contribution is -2.44. The van der Waals surface area contributed by atoms with E-state index in [1.807, 2.05) is 23.7 Å². The van der Waals surface area contributed by atoms with E-state index in [-0.39, 0.29) is 17.7 Å². The summed E-state index contributed by atoms with van der Waals surface area (Å²) in [5.74, 6) is 0.443. The van der Waals surface area contributed by atoms with Gasteiger partial charge >= 0.3 is 6.03 Å². The van der Waals surface area contributed by atoms with Crippen LogP contribution in [0.1, 0.15) is 25.7 Å². The Morgan fingerprint density at radius 3 is 2.68 bits per heavy atom. The minimum absolute atomic E-state index is 0.0976. The van der Waals surface area contributed by atoms with Gasteiger partial charge in [0.2, 0.25) is 5.91 Å². The van der Waals surface area contributed by atoms with Gasteiger partial charge in [0.05, 0.1) is 5.75 Å². The molecule has 1 fully saturated rings. The van der Waals surface area contributed by atoms with Crippen molar-refractivity contribution in [2.24, 2.45) is 7.05 Å². The number of imide groups is 1. The van der Waals surface area contributed by atoms with Crippen molar-refractivity contribution in [3.8, 4) is 11.4 Å². The van der Waals surface area contributed by atoms with Crippen LogP contribution in [0.5, 0.6) is 0 Å². The number of hydrogen-bond donors (Lipinski definition) is 2. The van der Waals surface area contributed by atoms with Crippen LogP contribution >= 0.6 is 11.8 Å². The predicted molar refractivity (Wildman–Crippen MR) is 93.9 cm³/mol. The first-order valence-electron chi connectivity index (χ1n) is 8.16. The fraction of sp³-hybridized carbons (Fsp3) is 0.438. The van der Waals surface area contributed by atoms with E-state index in [0.29, 0.717) is 11.0 Å². The van der Waals surface area contributed by atoms with Crippen LogP contribution in [0.25, 0.3) is 11.4 Å². The highest BCUT2D eigenvalue weighted by Gasteiger charge is 2.19. The molecule has 2 heterocycles. The second-order valence-electron chi connectivity index (χ2n) is 5.89. The first-order chi connectivity index (χ1) is 12.1. The van der Waals surface area contributed by atoms with E-state index in [2.05, 4.69) is 25.8 Å². The van der Waals surface area contributed by atoms with Crippen LogP contribution in [-0.2, 0) is 11.8 Å². The highest BCUT2D eigenvalue weighted by atomic mass is 32.2. The van der Waals surface area contributed by atoms with Gasteiger partial charge in [-0.3, -0.25) is 15.1 Å². The van der Waals surface area contributed by atoms with E-state index in [9.17, 15) is 9.59 Å². The first-order valence-corrected chi connectivity index (χ1v) is 9.15. The summed E-state index contributed by atoms with van der Waals surface area (Å²) < 4.78 is 1.81. The minimum atomic E-state index is -0.423. The first kappa shape index (κ1) is 17.4. The number of urea groups is 1. The van der Waals surface area contributed by atoms with Crippen LogP contribution in [-0.4, -0.2) is 43.5 Å². The molecule has 0 unspecified atom stereocenters. The Hall–Kier alpha value is -2.42. The van der Waals surface area contributed by atoms with Crippen LogP contribution < -0.4 is 10.6 Å². The molecule has 1 aliphatic rings. The second kappa shape index (κ2) is 8.11. The maximum atomic E-state index is 11.9. The lowest BCUT2D eigenvalue weighted by molar-refractivity contribution is -0.117. The summed E-state index contributed by atoms with van der Waals surface area (Å²) in [5.41, 5.74) is 0.900. The third-order valence-corrected chi connectivity index (χ3v) is 5.07. The maximum Gasteiger partial charge on any atom is 0.321 e. The summed E-state index contributed by atoms with van der Waals surface area (Å²) >= 11 is 1.24. The van der Waals surface area contributed by atoms with E-state index in [1.54, 1.807) is 12.4 Å². The molecule has 2 aromatic rings. The van der Waals surface area contributed by atoms with Crippen molar-refractivity contribution >= 4 is 23.7 Å². The molecule has 0 atom stereocenters. The smallest absolute Gasteiger partial charge is 0.321 e. The minimum Gasteiger partial charge on any atom is -0.335 e. The number of hydrogen-bond acceptors (Lipinski definition) is 6. The number of thioether (sulfide) groups is 1. The van der Waals surface area contributed by atoms with E-state index < -0.39 is 6.03 Å². The van der Waals surface area contributed by atoms with Crippen molar-refractivity contribution in [2.45, 2.75) is 36.9 Å². The van der Waals surface area contributed by atoms with E-state index in [1.165, 1.54) is 11.8 Å². The summed E-state index contributed by atoms with van der Waals surface area (Å²) in [4.78, 5) is 27.7. The van der Waals surface area contributed by atoms with Crippen LogP contribution in [0.3, 0.4) is 0 Å². The highest BCUT2D eigenvalue weighted by molar-refractivity contribution is 7.99. The molecule has 25 heavy (non-hydrogen) atoms. The number of carbonyl (C=O) groups excluding carboxylic acids is 2. The van der Waals surface area contributed by atoms with Crippen molar-refractivity contribution < 1.29 is 9.59 Å². The summed E-state index contributed by atoms with van der Waals surface area (Å²) in [6.07, 6.45) is 7.59. The molecule has 1 aliphatic carbocycles. The fourth-order valence-electron chi connectivity index (χ4n) is 2.78. The van der Waals surface area contributed by atoms with E-state index in [0.717, 1.165) is 31.2 Å². The van der Waals surface area contributed by atoms with Gasteiger partial charge in [-0.05, 0) is 25.0 Å². The molecule has 2 N–H and O–H groups in total. The number of pyridine rings is 1. The zero-order chi connectivity index (χ0) is 17.6. The predicted octanol–water partition coefficient (Wildman–Crippen LogP) is 1.74. The van der Waals surface area contributed by atoms with Crippen molar-refractivity contribution in [1.29, 1.82) is 0 Å². The standard InChI is InChI=1S/C16H20N6O2S/c1-22-14(11-6-8-17-9-7-11)20-21-16(22)25-10-13(23)19-15(24)18-12-4-2-3-5-12/h6-9,12H,2-5,10H2,1H3,(H2,18,19,23,24). The SMILES string of the molecule is Cn1c(SCC(=O)NC(=O)NC2CCCC2)nnc1-c1ccncc1. The quantitative estimate of drug-likeness (QED) is 0.788. The third-order valence-electron chi connectivity index (χ3n) is 4.05. The summed E-state index contributed by atoms with van der Waals surface area (Å²) in [7, 11) is 1.84. The molecule has 0 spiro atoms. The van der Waals surface area contributed by atoms with Gasteiger partial charge in [0, 0.05) is 31.0 Å². The third kappa shape index (κ3) is 4.56. The zero-order valence-corrected chi connectivity index (χ0v) is 14.8. The number of rotatable bonds is 5. The van der Waals surface area contributed by atoms with E-state index >= 15 is 0 Å². The lowest BCUT2D eigenvalue weighted by Gasteiger charge is -2.12. The van der Waals surface area contributed by atoms with Crippen molar-refractivity contribution in [3.05, 3.63) is 24.5 Å². The van der Waals surface area contributed by atoms with Gasteiger partial charge in [-0.25, -0.2) is 4.79 Å². The number of carbonyl (C=O) groups is 2. The van der Waals surface area contributed by atoms with Crippen LogP contribution in [0.2, 0.25) is 0 Å². The molecular weight excluding hydrogens is 340 g/mol.